The molecule has 0 spiro atoms. The van der Waals surface area contributed by atoms with Crippen molar-refractivity contribution in [1.82, 2.24) is 5.32 Å². The number of fused-ring (bicyclic) bond motifs is 1. The van der Waals surface area contributed by atoms with Crippen LogP contribution in [0.1, 0.15) is 17.5 Å². The Hall–Kier alpha value is -3.53. The van der Waals surface area contributed by atoms with Crippen molar-refractivity contribution in [2.75, 3.05) is 12.1 Å². The molecule has 0 atom stereocenters. The van der Waals surface area contributed by atoms with Gasteiger partial charge < -0.3 is 20.1 Å². The lowest BCUT2D eigenvalue weighted by atomic mass is 10.2. The van der Waals surface area contributed by atoms with Crippen molar-refractivity contribution >= 4 is 17.5 Å². The van der Waals surface area contributed by atoms with Gasteiger partial charge in [-0.15, -0.1) is 0 Å². The molecule has 0 aliphatic carbocycles. The second-order valence-corrected chi connectivity index (χ2v) is 5.38. The van der Waals surface area contributed by atoms with Crippen LogP contribution in [-0.4, -0.2) is 18.6 Å². The molecule has 0 fully saturated rings. The average Bonchev–Trinajstić information content (AvgIpc) is 3.07. The number of anilines is 1. The van der Waals surface area contributed by atoms with Crippen molar-refractivity contribution in [3.63, 3.8) is 0 Å². The van der Waals surface area contributed by atoms with E-state index < -0.39 is 11.8 Å². The quantitative estimate of drug-likeness (QED) is 0.812. The van der Waals surface area contributed by atoms with E-state index in [2.05, 4.69) is 10.6 Å². The lowest BCUT2D eigenvalue weighted by molar-refractivity contribution is -0.126. The van der Waals surface area contributed by atoms with Gasteiger partial charge in [-0.3, -0.25) is 9.59 Å². The smallest absolute Gasteiger partial charge is 0.233 e. The van der Waals surface area contributed by atoms with E-state index in [0.717, 1.165) is 5.56 Å². The molecule has 1 heterocycles. The van der Waals surface area contributed by atoms with Crippen molar-refractivity contribution in [3.8, 4) is 17.6 Å². The monoisotopic (exact) mass is 337 g/mol. The summed E-state index contributed by atoms with van der Waals surface area (Å²) in [4.78, 5) is 23.8. The molecule has 2 N–H and O–H groups in total. The van der Waals surface area contributed by atoms with Gasteiger partial charge in [-0.25, -0.2) is 0 Å². The Kier molecular flexibility index (Phi) is 4.81. The Balaban J connectivity index is 1.48. The van der Waals surface area contributed by atoms with E-state index in [-0.39, 0.29) is 19.8 Å². The zero-order valence-electron chi connectivity index (χ0n) is 13.2. The third kappa shape index (κ3) is 4.26. The summed E-state index contributed by atoms with van der Waals surface area (Å²) in [7, 11) is 0. The first-order valence-electron chi connectivity index (χ1n) is 7.59. The van der Waals surface area contributed by atoms with Crippen LogP contribution in [0.4, 0.5) is 5.69 Å². The van der Waals surface area contributed by atoms with Crippen molar-refractivity contribution in [1.29, 1.82) is 5.26 Å². The van der Waals surface area contributed by atoms with Crippen LogP contribution in [0, 0.1) is 11.3 Å². The van der Waals surface area contributed by atoms with Crippen LogP contribution < -0.4 is 20.1 Å². The molecule has 2 amide bonds. The summed E-state index contributed by atoms with van der Waals surface area (Å²) in [6, 6.07) is 13.9. The number of carbonyl (C=O) groups excluding carboxylic acids is 2. The van der Waals surface area contributed by atoms with E-state index in [9.17, 15) is 9.59 Å². The summed E-state index contributed by atoms with van der Waals surface area (Å²) in [5, 5.41) is 14.1. The van der Waals surface area contributed by atoms with Gasteiger partial charge >= 0.3 is 0 Å². The SMILES string of the molecule is N#Cc1cccc(NC(=O)CC(=O)NCc2ccc3c(c2)OCO3)c1. The van der Waals surface area contributed by atoms with Crippen molar-refractivity contribution in [2.45, 2.75) is 13.0 Å². The molecule has 7 nitrogen and oxygen atoms in total. The van der Waals surface area contributed by atoms with E-state index in [4.69, 9.17) is 14.7 Å². The molecule has 0 radical (unpaired) electrons. The second-order valence-electron chi connectivity index (χ2n) is 5.38. The summed E-state index contributed by atoms with van der Waals surface area (Å²) < 4.78 is 10.5. The van der Waals surface area contributed by atoms with E-state index in [1.165, 1.54) is 0 Å². The summed E-state index contributed by atoms with van der Waals surface area (Å²) in [6.45, 7) is 0.477. The van der Waals surface area contributed by atoms with E-state index in [0.29, 0.717) is 22.7 Å². The lowest BCUT2D eigenvalue weighted by Crippen LogP contribution is -2.27. The van der Waals surface area contributed by atoms with Crippen LogP contribution in [0.3, 0.4) is 0 Å². The molecule has 25 heavy (non-hydrogen) atoms. The number of benzene rings is 2. The van der Waals surface area contributed by atoms with Crippen LogP contribution >= 0.6 is 0 Å². The van der Waals surface area contributed by atoms with Crippen molar-refractivity contribution in [3.05, 3.63) is 53.6 Å². The molecule has 0 unspecified atom stereocenters. The Morgan fingerprint density at radius 3 is 2.76 bits per heavy atom. The fraction of sp³-hybridized carbons (Fsp3) is 0.167. The molecule has 3 rings (SSSR count). The molecule has 0 saturated carbocycles. The molecular weight excluding hydrogens is 322 g/mol. The first kappa shape index (κ1) is 16.3. The van der Waals surface area contributed by atoms with E-state index >= 15 is 0 Å². The highest BCUT2D eigenvalue weighted by atomic mass is 16.7. The normalized spacial score (nSPS) is 11.5. The maximum Gasteiger partial charge on any atom is 0.233 e. The van der Waals surface area contributed by atoms with Gasteiger partial charge in [0.05, 0.1) is 11.6 Å². The molecular formula is C18H15N3O4. The van der Waals surface area contributed by atoms with Crippen LogP contribution in [0.25, 0.3) is 0 Å². The Labute approximate surface area is 144 Å². The van der Waals surface area contributed by atoms with Crippen LogP contribution in [0.2, 0.25) is 0 Å². The van der Waals surface area contributed by atoms with Gasteiger partial charge in [-0.05, 0) is 35.9 Å². The van der Waals surface area contributed by atoms with Gasteiger partial charge in [0.25, 0.3) is 0 Å². The van der Waals surface area contributed by atoms with Gasteiger partial charge in [-0.1, -0.05) is 12.1 Å². The first-order chi connectivity index (χ1) is 12.1. The lowest BCUT2D eigenvalue weighted by Gasteiger charge is -2.07. The summed E-state index contributed by atoms with van der Waals surface area (Å²) in [6.07, 6.45) is -0.304. The Bertz CT molecular complexity index is 858. The highest BCUT2D eigenvalue weighted by Gasteiger charge is 2.14. The first-order valence-corrected chi connectivity index (χ1v) is 7.59. The van der Waals surface area contributed by atoms with E-state index in [1.54, 1.807) is 36.4 Å². The minimum absolute atomic E-state index is 0.193. The average molecular weight is 337 g/mol. The second kappa shape index (κ2) is 7.36. The van der Waals surface area contributed by atoms with E-state index in [1.807, 2.05) is 12.1 Å². The number of hydrogen-bond donors (Lipinski definition) is 2. The minimum Gasteiger partial charge on any atom is -0.454 e. The molecule has 0 bridgehead atoms. The predicted octanol–water partition coefficient (Wildman–Crippen LogP) is 1.93. The number of hydrogen-bond acceptors (Lipinski definition) is 5. The number of nitrogens with zero attached hydrogens (tertiary/aromatic N) is 1. The predicted molar refractivity (Wildman–Crippen MR) is 88.8 cm³/mol. The Morgan fingerprint density at radius 1 is 1.08 bits per heavy atom. The number of rotatable bonds is 5. The molecule has 1 aliphatic heterocycles. The molecule has 1 aliphatic rings. The summed E-state index contributed by atoms with van der Waals surface area (Å²) >= 11 is 0. The fourth-order valence-electron chi connectivity index (χ4n) is 2.33. The molecule has 126 valence electrons. The maximum absolute atomic E-state index is 11.9. The highest BCUT2D eigenvalue weighted by Crippen LogP contribution is 2.32. The third-order valence-electron chi connectivity index (χ3n) is 3.52. The number of nitrogens with one attached hydrogen (secondary N) is 2. The standard InChI is InChI=1S/C18H15N3O4/c19-9-12-2-1-3-14(6-12)21-18(23)8-17(22)20-10-13-4-5-15-16(7-13)25-11-24-15/h1-7H,8,10-11H2,(H,20,22)(H,21,23). The van der Waals surface area contributed by atoms with Crippen LogP contribution in [0.5, 0.6) is 11.5 Å². The minimum atomic E-state index is -0.446. The molecule has 0 aromatic heterocycles. The molecule has 0 saturated heterocycles. The molecule has 2 aromatic rings. The number of ether oxygens (including phenoxy) is 2. The molecule has 2 aromatic carbocycles. The van der Waals surface area contributed by atoms with Gasteiger partial charge in [0.2, 0.25) is 18.6 Å². The summed E-state index contributed by atoms with van der Waals surface area (Å²) in [5.74, 6) is 0.473. The van der Waals surface area contributed by atoms with Crippen molar-refractivity contribution in [2.24, 2.45) is 0 Å². The number of amides is 2. The van der Waals surface area contributed by atoms with Gasteiger partial charge in [0.1, 0.15) is 6.42 Å². The summed E-state index contributed by atoms with van der Waals surface area (Å²) in [5.41, 5.74) is 1.76. The third-order valence-corrected chi connectivity index (χ3v) is 3.52. The zero-order chi connectivity index (χ0) is 17.6. The maximum atomic E-state index is 11.9. The number of nitriles is 1. The highest BCUT2D eigenvalue weighted by molar-refractivity contribution is 6.03. The zero-order valence-corrected chi connectivity index (χ0v) is 13.2. The van der Waals surface area contributed by atoms with Gasteiger partial charge in [0, 0.05) is 12.2 Å². The number of carbonyl (C=O) groups is 2. The van der Waals surface area contributed by atoms with Crippen molar-refractivity contribution < 1.29 is 19.1 Å². The fourth-order valence-corrected chi connectivity index (χ4v) is 2.33. The molecule has 7 heteroatoms. The van der Waals surface area contributed by atoms with Gasteiger partial charge in [0.15, 0.2) is 11.5 Å². The van der Waals surface area contributed by atoms with Crippen LogP contribution in [-0.2, 0) is 16.1 Å². The topological polar surface area (TPSA) is 100 Å². The largest absolute Gasteiger partial charge is 0.454 e. The van der Waals surface area contributed by atoms with Gasteiger partial charge in [-0.2, -0.15) is 5.26 Å². The van der Waals surface area contributed by atoms with Crippen LogP contribution in [0.15, 0.2) is 42.5 Å². The Morgan fingerprint density at radius 2 is 1.92 bits per heavy atom.